The van der Waals surface area contributed by atoms with Crippen molar-refractivity contribution in [1.29, 1.82) is 0 Å². The zero-order chi connectivity index (χ0) is 13.4. The summed E-state index contributed by atoms with van der Waals surface area (Å²) in [5.74, 6) is 0.134. The number of hydrogen-bond acceptors (Lipinski definition) is 2. The number of rotatable bonds is 4. The van der Waals surface area contributed by atoms with E-state index in [9.17, 15) is 4.39 Å². The second-order valence-corrected chi connectivity index (χ2v) is 5.25. The van der Waals surface area contributed by atoms with Crippen molar-refractivity contribution in [1.82, 2.24) is 15.1 Å². The Balaban J connectivity index is 2.14. The van der Waals surface area contributed by atoms with Gasteiger partial charge in [0.1, 0.15) is 11.5 Å². The first-order valence-electron chi connectivity index (χ1n) is 6.38. The van der Waals surface area contributed by atoms with Gasteiger partial charge in [-0.05, 0) is 32.0 Å². The highest BCUT2D eigenvalue weighted by Crippen LogP contribution is 2.43. The van der Waals surface area contributed by atoms with Gasteiger partial charge in [0.25, 0.3) is 0 Å². The molecule has 0 atom stereocenters. The van der Waals surface area contributed by atoms with Crippen LogP contribution in [0.15, 0.2) is 24.4 Å². The number of hydrogen-bond donors (Lipinski definition) is 1. The van der Waals surface area contributed by atoms with Crippen molar-refractivity contribution < 1.29 is 4.39 Å². The molecular weight excluding hydrogens is 265 g/mol. The molecule has 1 aliphatic rings. The van der Waals surface area contributed by atoms with Crippen molar-refractivity contribution in [2.24, 2.45) is 0 Å². The fourth-order valence-electron chi connectivity index (χ4n) is 2.38. The lowest BCUT2D eigenvalue weighted by Crippen LogP contribution is -2.09. The summed E-state index contributed by atoms with van der Waals surface area (Å²) in [6, 6.07) is 4.71. The lowest BCUT2D eigenvalue weighted by molar-refractivity contribution is 0.606. The van der Waals surface area contributed by atoms with Crippen LogP contribution >= 0.6 is 11.6 Å². The maximum Gasteiger partial charge on any atom is 0.150 e. The van der Waals surface area contributed by atoms with Gasteiger partial charge < -0.3 is 5.32 Å². The van der Waals surface area contributed by atoms with Gasteiger partial charge in [0.15, 0.2) is 0 Å². The minimum Gasteiger partial charge on any atom is -0.316 e. The molecule has 3 rings (SSSR count). The SMILES string of the molecule is CNCc1cnn(-c2c(F)cccc2Cl)c1C1CC1. The maximum absolute atomic E-state index is 14.0. The molecule has 1 aromatic heterocycles. The number of halogens is 2. The van der Waals surface area contributed by atoms with Crippen LogP contribution in [0, 0.1) is 5.82 Å². The summed E-state index contributed by atoms with van der Waals surface area (Å²) in [5.41, 5.74) is 2.55. The molecule has 1 fully saturated rings. The summed E-state index contributed by atoms with van der Waals surface area (Å²) >= 11 is 6.13. The van der Waals surface area contributed by atoms with E-state index in [2.05, 4.69) is 10.4 Å². The van der Waals surface area contributed by atoms with E-state index in [0.717, 1.165) is 30.6 Å². The minimum absolute atomic E-state index is 0.339. The molecule has 1 N–H and O–H groups in total. The van der Waals surface area contributed by atoms with Gasteiger partial charge in [0.2, 0.25) is 0 Å². The highest BCUT2D eigenvalue weighted by Gasteiger charge is 2.31. The quantitative estimate of drug-likeness (QED) is 0.931. The van der Waals surface area contributed by atoms with Crippen LogP contribution in [0.4, 0.5) is 4.39 Å². The van der Waals surface area contributed by atoms with Crippen molar-refractivity contribution in [3.05, 3.63) is 46.5 Å². The summed E-state index contributed by atoms with van der Waals surface area (Å²) < 4.78 is 15.7. The third kappa shape index (κ3) is 2.26. The van der Waals surface area contributed by atoms with Crippen molar-refractivity contribution in [3.63, 3.8) is 0 Å². The highest BCUT2D eigenvalue weighted by atomic mass is 35.5. The first-order valence-corrected chi connectivity index (χ1v) is 6.76. The Morgan fingerprint density at radius 3 is 2.89 bits per heavy atom. The molecule has 100 valence electrons. The Hall–Kier alpha value is -1.39. The van der Waals surface area contributed by atoms with Gasteiger partial charge in [-0.25, -0.2) is 9.07 Å². The predicted octanol–water partition coefficient (Wildman–Crippen LogP) is 3.26. The normalized spacial score (nSPS) is 14.9. The standard InChI is InChI=1S/C14H15ClFN3/c1-17-7-10-8-18-19(13(10)9-5-6-9)14-11(15)3-2-4-12(14)16/h2-4,8-9,17H,5-7H2,1H3. The number of nitrogens with zero attached hydrogens (tertiary/aromatic N) is 2. The molecule has 0 saturated heterocycles. The van der Waals surface area contributed by atoms with Crippen LogP contribution in [-0.4, -0.2) is 16.8 Å². The Morgan fingerprint density at radius 2 is 2.26 bits per heavy atom. The number of aromatic nitrogens is 2. The summed E-state index contributed by atoms with van der Waals surface area (Å²) in [7, 11) is 1.89. The van der Waals surface area contributed by atoms with Gasteiger partial charge in [-0.15, -0.1) is 0 Å². The Bertz CT molecular complexity index is 584. The average molecular weight is 280 g/mol. The Morgan fingerprint density at radius 1 is 1.47 bits per heavy atom. The van der Waals surface area contributed by atoms with E-state index in [1.54, 1.807) is 23.0 Å². The highest BCUT2D eigenvalue weighted by molar-refractivity contribution is 6.32. The first kappa shape index (κ1) is 12.6. The number of benzene rings is 1. The van der Waals surface area contributed by atoms with E-state index >= 15 is 0 Å². The third-order valence-corrected chi connectivity index (χ3v) is 3.67. The van der Waals surface area contributed by atoms with Crippen LogP contribution in [0.2, 0.25) is 5.02 Å². The fraction of sp³-hybridized carbons (Fsp3) is 0.357. The summed E-state index contributed by atoms with van der Waals surface area (Å²) in [4.78, 5) is 0. The molecule has 1 aliphatic carbocycles. The summed E-state index contributed by atoms with van der Waals surface area (Å²) in [6.45, 7) is 0.734. The van der Waals surface area contributed by atoms with E-state index in [-0.39, 0.29) is 5.82 Å². The summed E-state index contributed by atoms with van der Waals surface area (Å²) in [5, 5.41) is 7.85. The molecule has 0 unspecified atom stereocenters. The van der Waals surface area contributed by atoms with Gasteiger partial charge in [0, 0.05) is 18.0 Å². The molecule has 0 radical (unpaired) electrons. The lowest BCUT2D eigenvalue weighted by atomic mass is 10.1. The van der Waals surface area contributed by atoms with Crippen LogP contribution < -0.4 is 5.32 Å². The fourth-order valence-corrected chi connectivity index (χ4v) is 2.62. The molecule has 1 saturated carbocycles. The zero-order valence-corrected chi connectivity index (χ0v) is 11.4. The van der Waals surface area contributed by atoms with Crippen molar-refractivity contribution in [2.45, 2.75) is 25.3 Å². The van der Waals surface area contributed by atoms with Gasteiger partial charge in [-0.1, -0.05) is 17.7 Å². The van der Waals surface area contributed by atoms with Gasteiger partial charge in [0.05, 0.1) is 16.9 Å². The van der Waals surface area contributed by atoms with E-state index in [1.165, 1.54) is 6.07 Å². The molecule has 0 amide bonds. The van der Waals surface area contributed by atoms with Crippen molar-refractivity contribution in [2.75, 3.05) is 7.05 Å². The summed E-state index contributed by atoms with van der Waals surface area (Å²) in [6.07, 6.45) is 4.07. The molecule has 0 spiro atoms. The van der Waals surface area contributed by atoms with Gasteiger partial charge >= 0.3 is 0 Å². The molecule has 19 heavy (non-hydrogen) atoms. The number of para-hydroxylation sites is 1. The van der Waals surface area contributed by atoms with Gasteiger partial charge in [-0.2, -0.15) is 5.10 Å². The molecular formula is C14H15ClFN3. The second-order valence-electron chi connectivity index (χ2n) is 4.84. The molecule has 0 aliphatic heterocycles. The predicted molar refractivity (Wildman–Crippen MR) is 73.3 cm³/mol. The molecule has 1 heterocycles. The van der Waals surface area contributed by atoms with E-state index < -0.39 is 0 Å². The van der Waals surface area contributed by atoms with E-state index in [1.807, 2.05) is 7.05 Å². The third-order valence-electron chi connectivity index (χ3n) is 3.37. The largest absolute Gasteiger partial charge is 0.316 e. The van der Waals surface area contributed by atoms with Crippen LogP contribution in [-0.2, 0) is 6.54 Å². The smallest absolute Gasteiger partial charge is 0.150 e. The van der Waals surface area contributed by atoms with Crippen molar-refractivity contribution in [3.8, 4) is 5.69 Å². The van der Waals surface area contributed by atoms with Crippen molar-refractivity contribution >= 4 is 11.6 Å². The maximum atomic E-state index is 14.0. The average Bonchev–Trinajstić information content (AvgIpc) is 3.13. The van der Waals surface area contributed by atoms with Crippen LogP contribution in [0.25, 0.3) is 5.69 Å². The minimum atomic E-state index is -0.339. The monoisotopic (exact) mass is 279 g/mol. The first-order chi connectivity index (χ1) is 9.22. The van der Waals surface area contributed by atoms with Crippen LogP contribution in [0.3, 0.4) is 0 Å². The topological polar surface area (TPSA) is 29.9 Å². The lowest BCUT2D eigenvalue weighted by Gasteiger charge is -2.11. The number of nitrogens with one attached hydrogen (secondary N) is 1. The van der Waals surface area contributed by atoms with Crippen LogP contribution in [0.5, 0.6) is 0 Å². The zero-order valence-electron chi connectivity index (χ0n) is 10.7. The molecule has 1 aromatic carbocycles. The Kier molecular flexibility index (Phi) is 3.29. The molecule has 3 nitrogen and oxygen atoms in total. The van der Waals surface area contributed by atoms with Crippen LogP contribution in [0.1, 0.15) is 30.0 Å². The molecule has 2 aromatic rings. The molecule has 5 heteroatoms. The molecule has 0 bridgehead atoms. The van der Waals surface area contributed by atoms with E-state index in [4.69, 9.17) is 11.6 Å². The Labute approximate surface area is 116 Å². The second kappa shape index (κ2) is 4.94. The van der Waals surface area contributed by atoms with E-state index in [0.29, 0.717) is 16.6 Å². The van der Waals surface area contributed by atoms with Gasteiger partial charge in [-0.3, -0.25) is 0 Å².